The highest BCUT2D eigenvalue weighted by atomic mass is 19.4. The summed E-state index contributed by atoms with van der Waals surface area (Å²) in [6, 6.07) is 12.4. The summed E-state index contributed by atoms with van der Waals surface area (Å²) in [5, 5.41) is 4.55. The van der Waals surface area contributed by atoms with Gasteiger partial charge < -0.3 is 15.4 Å². The van der Waals surface area contributed by atoms with E-state index in [0.717, 1.165) is 5.56 Å². The van der Waals surface area contributed by atoms with Crippen LogP contribution in [0.25, 0.3) is 0 Å². The molecule has 4 nitrogen and oxygen atoms in total. The zero-order valence-corrected chi connectivity index (χ0v) is 14.9. The fraction of sp³-hybridized carbons (Fsp3) is 0.316. The summed E-state index contributed by atoms with van der Waals surface area (Å²) in [5.41, 5.74) is 1.69. The van der Waals surface area contributed by atoms with Crippen LogP contribution in [-0.4, -0.2) is 31.3 Å². The average Bonchev–Trinajstić information content (AvgIpc) is 2.61. The molecular weight excluding hydrogens is 383 g/mol. The molecule has 0 aliphatic rings. The van der Waals surface area contributed by atoms with Crippen molar-refractivity contribution in [2.24, 2.45) is 0 Å². The molecule has 0 fully saturated rings. The molecule has 1 unspecified atom stereocenters. The van der Waals surface area contributed by atoms with Crippen LogP contribution in [0.3, 0.4) is 0 Å². The number of nitrogens with one attached hydrogen (secondary N) is 2. The Morgan fingerprint density at radius 3 is 2.39 bits per heavy atom. The molecule has 0 spiro atoms. The third-order valence-electron chi connectivity index (χ3n) is 3.75. The number of ether oxygens (including phenoxy) is 1. The minimum absolute atomic E-state index is 0.0152. The van der Waals surface area contributed by atoms with Crippen LogP contribution >= 0.6 is 0 Å². The first-order valence-electron chi connectivity index (χ1n) is 8.36. The van der Waals surface area contributed by atoms with E-state index in [-0.39, 0.29) is 5.75 Å². The van der Waals surface area contributed by atoms with Crippen molar-refractivity contribution in [3.63, 3.8) is 0 Å². The van der Waals surface area contributed by atoms with E-state index in [9.17, 15) is 26.7 Å². The summed E-state index contributed by atoms with van der Waals surface area (Å²) in [6.45, 7) is -3.04. The zero-order chi connectivity index (χ0) is 20.7. The van der Waals surface area contributed by atoms with Crippen LogP contribution < -0.4 is 15.4 Å². The molecule has 2 aromatic rings. The third-order valence-corrected chi connectivity index (χ3v) is 3.75. The van der Waals surface area contributed by atoms with Gasteiger partial charge in [0.1, 0.15) is 18.3 Å². The number of hydrogen-bond acceptors (Lipinski definition) is 3. The van der Waals surface area contributed by atoms with Crippen LogP contribution in [0.4, 0.5) is 27.6 Å². The molecule has 0 aliphatic carbocycles. The molecule has 9 heteroatoms. The maximum Gasteiger partial charge on any atom is 0.405 e. The monoisotopic (exact) mass is 402 g/mol. The Morgan fingerprint density at radius 2 is 1.79 bits per heavy atom. The maximum absolute atomic E-state index is 12.7. The molecule has 0 bridgehead atoms. The molecule has 0 aromatic heterocycles. The van der Waals surface area contributed by atoms with Gasteiger partial charge >= 0.3 is 12.8 Å². The lowest BCUT2D eigenvalue weighted by Gasteiger charge is -2.18. The van der Waals surface area contributed by atoms with Crippen molar-refractivity contribution in [3.05, 3.63) is 59.7 Å². The predicted molar refractivity (Wildman–Crippen MR) is 94.5 cm³/mol. The lowest BCUT2D eigenvalue weighted by molar-refractivity contribution is -0.138. The summed E-state index contributed by atoms with van der Waals surface area (Å²) >= 11 is 0. The normalized spacial score (nSPS) is 12.5. The predicted octanol–water partition coefficient (Wildman–Crippen LogP) is 4.36. The number of hydrogen-bond donors (Lipinski definition) is 2. The number of carbonyl (C=O) groups is 1. The van der Waals surface area contributed by atoms with Gasteiger partial charge in [0.2, 0.25) is 5.91 Å². The van der Waals surface area contributed by atoms with Crippen LogP contribution in [0.5, 0.6) is 5.75 Å². The van der Waals surface area contributed by atoms with Crippen LogP contribution in [0.1, 0.15) is 18.1 Å². The Morgan fingerprint density at radius 1 is 1.11 bits per heavy atom. The molecule has 1 amide bonds. The highest BCUT2D eigenvalue weighted by molar-refractivity contribution is 5.84. The van der Waals surface area contributed by atoms with E-state index in [1.54, 1.807) is 17.4 Å². The number of anilines is 1. The van der Waals surface area contributed by atoms with Crippen molar-refractivity contribution in [2.45, 2.75) is 32.2 Å². The molecule has 1 atom stereocenters. The van der Waals surface area contributed by atoms with Crippen LogP contribution in [-0.2, 0) is 11.2 Å². The second-order valence-corrected chi connectivity index (χ2v) is 6.06. The molecule has 0 saturated heterocycles. The highest BCUT2D eigenvalue weighted by Crippen LogP contribution is 2.27. The fourth-order valence-electron chi connectivity index (χ4n) is 2.49. The first kappa shape index (κ1) is 21.5. The molecule has 0 radical (unpaired) electrons. The highest BCUT2D eigenvalue weighted by Gasteiger charge is 2.28. The molecule has 2 rings (SSSR count). The van der Waals surface area contributed by atoms with Gasteiger partial charge in [-0.15, -0.1) is 0 Å². The molecule has 0 aliphatic heterocycles. The van der Waals surface area contributed by atoms with Crippen LogP contribution in [0.15, 0.2) is 48.5 Å². The number of amides is 1. The second kappa shape index (κ2) is 9.38. The zero-order valence-electron chi connectivity index (χ0n) is 14.9. The Kier molecular flexibility index (Phi) is 7.19. The van der Waals surface area contributed by atoms with Crippen molar-refractivity contribution in [3.8, 4) is 5.75 Å². The minimum atomic E-state index is -4.51. The van der Waals surface area contributed by atoms with Gasteiger partial charge in [0, 0.05) is 17.7 Å². The fourth-order valence-corrected chi connectivity index (χ4v) is 2.49. The van der Waals surface area contributed by atoms with Gasteiger partial charge in [-0.05, 0) is 30.7 Å². The number of carbonyl (C=O) groups excluding carboxylic acids is 1. The van der Waals surface area contributed by atoms with Gasteiger partial charge in [-0.25, -0.2) is 0 Å². The SMILES string of the molecule is CC(Nc1ccc(OC(F)F)c(Cc2ccccc2)c1)C(=O)NCC(F)(F)F. The summed E-state index contributed by atoms with van der Waals surface area (Å²) in [4.78, 5) is 11.8. The van der Waals surface area contributed by atoms with E-state index in [2.05, 4.69) is 10.1 Å². The van der Waals surface area contributed by atoms with Crippen LogP contribution in [0, 0.1) is 0 Å². The number of alkyl halides is 5. The molecule has 0 saturated carbocycles. The van der Waals surface area contributed by atoms with Crippen molar-refractivity contribution in [1.82, 2.24) is 5.32 Å². The van der Waals surface area contributed by atoms with E-state index in [4.69, 9.17) is 0 Å². The number of rotatable bonds is 8. The van der Waals surface area contributed by atoms with E-state index in [1.807, 2.05) is 18.2 Å². The van der Waals surface area contributed by atoms with Gasteiger partial charge in [-0.1, -0.05) is 30.3 Å². The topological polar surface area (TPSA) is 50.4 Å². The van der Waals surface area contributed by atoms with Gasteiger partial charge in [0.15, 0.2) is 0 Å². The Hall–Kier alpha value is -2.84. The largest absolute Gasteiger partial charge is 0.435 e. The number of halogens is 5. The first-order chi connectivity index (χ1) is 13.1. The van der Waals surface area contributed by atoms with E-state index < -0.39 is 31.3 Å². The average molecular weight is 402 g/mol. The third kappa shape index (κ3) is 7.05. The van der Waals surface area contributed by atoms with Crippen molar-refractivity contribution >= 4 is 11.6 Å². The molecule has 2 aromatic carbocycles. The second-order valence-electron chi connectivity index (χ2n) is 6.06. The summed E-state index contributed by atoms with van der Waals surface area (Å²) < 4.78 is 66.5. The van der Waals surface area contributed by atoms with Crippen molar-refractivity contribution < 1.29 is 31.5 Å². The standard InChI is InChI=1S/C19H19F5N2O2/c1-12(17(27)25-11-19(22,23)24)26-15-7-8-16(28-18(20)21)14(10-15)9-13-5-3-2-4-6-13/h2-8,10,12,18,26H,9,11H2,1H3,(H,25,27). The van der Waals surface area contributed by atoms with E-state index >= 15 is 0 Å². The summed E-state index contributed by atoms with van der Waals surface area (Å²) in [6.07, 6.45) is -4.21. The van der Waals surface area contributed by atoms with Gasteiger partial charge in [-0.3, -0.25) is 4.79 Å². The molecular formula is C19H19F5N2O2. The van der Waals surface area contributed by atoms with Crippen molar-refractivity contribution in [2.75, 3.05) is 11.9 Å². The minimum Gasteiger partial charge on any atom is -0.435 e. The smallest absolute Gasteiger partial charge is 0.405 e. The van der Waals surface area contributed by atoms with E-state index in [0.29, 0.717) is 17.7 Å². The van der Waals surface area contributed by atoms with Gasteiger partial charge in [0.25, 0.3) is 0 Å². The van der Waals surface area contributed by atoms with Crippen molar-refractivity contribution in [1.29, 1.82) is 0 Å². The lowest BCUT2D eigenvalue weighted by Crippen LogP contribution is -2.42. The Balaban J connectivity index is 2.14. The quantitative estimate of drug-likeness (QED) is 0.646. The lowest BCUT2D eigenvalue weighted by atomic mass is 10.0. The van der Waals surface area contributed by atoms with Gasteiger partial charge in [0.05, 0.1) is 0 Å². The summed E-state index contributed by atoms with van der Waals surface area (Å²) in [7, 11) is 0. The Labute approximate surface area is 158 Å². The molecule has 0 heterocycles. The molecule has 2 N–H and O–H groups in total. The van der Waals surface area contributed by atoms with Gasteiger partial charge in [-0.2, -0.15) is 22.0 Å². The summed E-state index contributed by atoms with van der Waals surface area (Å²) in [5.74, 6) is -0.853. The Bertz CT molecular complexity index is 782. The maximum atomic E-state index is 12.7. The molecule has 28 heavy (non-hydrogen) atoms. The number of benzene rings is 2. The van der Waals surface area contributed by atoms with Crippen LogP contribution in [0.2, 0.25) is 0 Å². The molecule has 152 valence electrons. The first-order valence-corrected chi connectivity index (χ1v) is 8.36. The van der Waals surface area contributed by atoms with E-state index in [1.165, 1.54) is 25.1 Å².